The number of hydrogen-bond donors (Lipinski definition) is 0. The largest absolute Gasteiger partial charge is 0.286 e. The third-order valence-electron chi connectivity index (χ3n) is 3.19. The zero-order chi connectivity index (χ0) is 16.4. The van der Waals surface area contributed by atoms with E-state index >= 15 is 0 Å². The molecule has 0 unspecified atom stereocenters. The smallest absolute Gasteiger partial charge is 0.259 e. The molecule has 1 aromatic heterocycles. The van der Waals surface area contributed by atoms with E-state index in [0.29, 0.717) is 10.7 Å². The molecule has 0 aliphatic carbocycles. The molecule has 116 valence electrons. The molecule has 0 bridgehead atoms. The van der Waals surface area contributed by atoms with Gasteiger partial charge in [0.05, 0.1) is 0 Å². The third kappa shape index (κ3) is 3.68. The molecular formula is C16H11Br2N3OS. The first kappa shape index (κ1) is 16.3. The van der Waals surface area contributed by atoms with Crippen LogP contribution in [0.3, 0.4) is 0 Å². The summed E-state index contributed by atoms with van der Waals surface area (Å²) in [4.78, 5) is 14.0. The highest BCUT2D eigenvalue weighted by molar-refractivity contribution is 9.10. The first-order valence-corrected chi connectivity index (χ1v) is 9.08. The number of carbonyl (C=O) groups excluding carboxylic acids is 1. The summed E-state index contributed by atoms with van der Waals surface area (Å²) in [7, 11) is 1.70. The van der Waals surface area contributed by atoms with Gasteiger partial charge in [0.1, 0.15) is 5.01 Å². The lowest BCUT2D eigenvalue weighted by molar-refractivity contribution is 0.0993. The molecule has 3 rings (SSSR count). The third-order valence-corrected chi connectivity index (χ3v) is 5.29. The number of carbonyl (C=O) groups is 1. The number of nitrogens with zero attached hydrogens (tertiary/aromatic N) is 3. The molecule has 0 atom stereocenters. The first-order valence-electron chi connectivity index (χ1n) is 6.67. The van der Waals surface area contributed by atoms with Gasteiger partial charge in [-0.3, -0.25) is 9.69 Å². The topological polar surface area (TPSA) is 46.1 Å². The molecule has 0 N–H and O–H groups in total. The van der Waals surface area contributed by atoms with Crippen LogP contribution in [-0.2, 0) is 0 Å². The van der Waals surface area contributed by atoms with Gasteiger partial charge in [0.25, 0.3) is 5.91 Å². The van der Waals surface area contributed by atoms with Crippen LogP contribution in [0, 0.1) is 0 Å². The predicted octanol–water partition coefficient (Wildman–Crippen LogP) is 5.01. The van der Waals surface area contributed by atoms with Gasteiger partial charge < -0.3 is 0 Å². The summed E-state index contributed by atoms with van der Waals surface area (Å²) in [5.41, 5.74) is 1.58. The second kappa shape index (κ2) is 6.90. The van der Waals surface area contributed by atoms with Crippen LogP contribution in [0.25, 0.3) is 10.6 Å². The summed E-state index contributed by atoms with van der Waals surface area (Å²) in [6.45, 7) is 0. The van der Waals surface area contributed by atoms with Crippen molar-refractivity contribution in [1.82, 2.24) is 10.2 Å². The second-order valence-corrected chi connectivity index (χ2v) is 7.56. The van der Waals surface area contributed by atoms with Crippen molar-refractivity contribution in [3.05, 3.63) is 63.0 Å². The van der Waals surface area contributed by atoms with Gasteiger partial charge in [-0.1, -0.05) is 55.3 Å². The highest BCUT2D eigenvalue weighted by Gasteiger charge is 2.18. The Kier molecular flexibility index (Phi) is 4.89. The molecule has 2 aromatic carbocycles. The van der Waals surface area contributed by atoms with Crippen molar-refractivity contribution < 1.29 is 4.79 Å². The van der Waals surface area contributed by atoms with Gasteiger partial charge in [0, 0.05) is 27.1 Å². The molecule has 0 aliphatic rings. The first-order chi connectivity index (χ1) is 11.0. The standard InChI is InChI=1S/C16H11Br2N3OS/c1-21(15(22)11-4-8-13(18)9-5-11)16-20-19-14(23-16)10-2-6-12(17)7-3-10/h2-9H,1H3. The van der Waals surface area contributed by atoms with E-state index in [1.54, 1.807) is 19.2 Å². The second-order valence-electron chi connectivity index (χ2n) is 4.77. The van der Waals surface area contributed by atoms with Gasteiger partial charge in [0.15, 0.2) is 0 Å². The van der Waals surface area contributed by atoms with Gasteiger partial charge in [-0.25, -0.2) is 0 Å². The van der Waals surface area contributed by atoms with Crippen molar-refractivity contribution in [3.8, 4) is 10.6 Å². The summed E-state index contributed by atoms with van der Waals surface area (Å²) >= 11 is 8.15. The van der Waals surface area contributed by atoms with Crippen molar-refractivity contribution in [2.75, 3.05) is 11.9 Å². The van der Waals surface area contributed by atoms with E-state index in [0.717, 1.165) is 19.5 Å². The van der Waals surface area contributed by atoms with E-state index in [4.69, 9.17) is 0 Å². The van der Waals surface area contributed by atoms with E-state index < -0.39 is 0 Å². The molecule has 0 fully saturated rings. The van der Waals surface area contributed by atoms with Crippen LogP contribution in [0.2, 0.25) is 0 Å². The predicted molar refractivity (Wildman–Crippen MR) is 99.9 cm³/mol. The molecule has 0 radical (unpaired) electrons. The van der Waals surface area contributed by atoms with Crippen LogP contribution in [0.4, 0.5) is 5.13 Å². The zero-order valence-corrected chi connectivity index (χ0v) is 16.0. The molecule has 23 heavy (non-hydrogen) atoms. The number of hydrogen-bond acceptors (Lipinski definition) is 4. The number of rotatable bonds is 3. The van der Waals surface area contributed by atoms with Crippen molar-refractivity contribution in [2.45, 2.75) is 0 Å². The normalized spacial score (nSPS) is 10.6. The lowest BCUT2D eigenvalue weighted by atomic mass is 10.2. The molecule has 0 saturated carbocycles. The van der Waals surface area contributed by atoms with Crippen LogP contribution in [0.5, 0.6) is 0 Å². The quantitative estimate of drug-likeness (QED) is 0.561. The van der Waals surface area contributed by atoms with Crippen molar-refractivity contribution in [3.63, 3.8) is 0 Å². The van der Waals surface area contributed by atoms with Crippen LogP contribution >= 0.6 is 43.2 Å². The van der Waals surface area contributed by atoms with Gasteiger partial charge >= 0.3 is 0 Å². The molecule has 0 saturated heterocycles. The molecule has 0 spiro atoms. The maximum Gasteiger partial charge on any atom is 0.259 e. The number of benzene rings is 2. The highest BCUT2D eigenvalue weighted by atomic mass is 79.9. The fourth-order valence-corrected chi connectivity index (χ4v) is 3.27. The highest BCUT2D eigenvalue weighted by Crippen LogP contribution is 2.29. The minimum atomic E-state index is -0.115. The Bertz CT molecular complexity index is 831. The van der Waals surface area contributed by atoms with Crippen LogP contribution in [0.1, 0.15) is 10.4 Å². The Morgan fingerprint density at radius 2 is 1.52 bits per heavy atom. The van der Waals surface area contributed by atoms with Gasteiger partial charge in [-0.05, 0) is 36.4 Å². The summed E-state index contributed by atoms with van der Waals surface area (Å²) in [5.74, 6) is -0.115. The zero-order valence-electron chi connectivity index (χ0n) is 12.0. The Balaban J connectivity index is 1.83. The number of anilines is 1. The fourth-order valence-electron chi connectivity index (χ4n) is 1.93. The van der Waals surface area contributed by atoms with Gasteiger partial charge in [0.2, 0.25) is 5.13 Å². The van der Waals surface area contributed by atoms with Crippen LogP contribution in [0.15, 0.2) is 57.5 Å². The minimum absolute atomic E-state index is 0.115. The average Bonchev–Trinajstić information content (AvgIpc) is 3.05. The Hall–Kier alpha value is -1.57. The van der Waals surface area contributed by atoms with Crippen molar-refractivity contribution in [2.24, 2.45) is 0 Å². The van der Waals surface area contributed by atoms with Crippen molar-refractivity contribution >= 4 is 54.2 Å². The molecule has 1 amide bonds. The van der Waals surface area contributed by atoms with E-state index in [1.807, 2.05) is 36.4 Å². The number of aromatic nitrogens is 2. The molecule has 0 aliphatic heterocycles. The molecule has 1 heterocycles. The van der Waals surface area contributed by atoms with E-state index in [9.17, 15) is 4.79 Å². The summed E-state index contributed by atoms with van der Waals surface area (Å²) < 4.78 is 1.94. The minimum Gasteiger partial charge on any atom is -0.286 e. The Morgan fingerprint density at radius 1 is 0.957 bits per heavy atom. The van der Waals surface area contributed by atoms with Crippen LogP contribution < -0.4 is 4.90 Å². The van der Waals surface area contributed by atoms with Gasteiger partial charge in [-0.15, -0.1) is 10.2 Å². The van der Waals surface area contributed by atoms with E-state index in [1.165, 1.54) is 16.2 Å². The van der Waals surface area contributed by atoms with Crippen molar-refractivity contribution in [1.29, 1.82) is 0 Å². The van der Waals surface area contributed by atoms with Gasteiger partial charge in [-0.2, -0.15) is 0 Å². The van der Waals surface area contributed by atoms with E-state index in [-0.39, 0.29) is 5.91 Å². The molecule has 4 nitrogen and oxygen atoms in total. The SMILES string of the molecule is CN(C(=O)c1ccc(Br)cc1)c1nnc(-c2ccc(Br)cc2)s1. The maximum absolute atomic E-state index is 12.5. The number of halogens is 2. The molecule has 3 aromatic rings. The van der Waals surface area contributed by atoms with E-state index in [2.05, 4.69) is 42.1 Å². The number of amides is 1. The fraction of sp³-hybridized carbons (Fsp3) is 0.0625. The summed E-state index contributed by atoms with van der Waals surface area (Å²) in [6, 6.07) is 15.1. The van der Waals surface area contributed by atoms with Crippen LogP contribution in [-0.4, -0.2) is 23.2 Å². The Morgan fingerprint density at radius 3 is 2.13 bits per heavy atom. The maximum atomic E-state index is 12.5. The monoisotopic (exact) mass is 451 g/mol. The lowest BCUT2D eigenvalue weighted by Crippen LogP contribution is -2.26. The molecule has 7 heteroatoms. The summed E-state index contributed by atoms with van der Waals surface area (Å²) in [6.07, 6.45) is 0. The Labute approximate surface area is 154 Å². The summed E-state index contributed by atoms with van der Waals surface area (Å²) in [5, 5.41) is 9.66. The average molecular weight is 453 g/mol. The molecular weight excluding hydrogens is 442 g/mol. The lowest BCUT2D eigenvalue weighted by Gasteiger charge is -2.12.